The number of rotatable bonds is 9. The van der Waals surface area contributed by atoms with Gasteiger partial charge in [-0.15, -0.1) is 11.3 Å². The predicted molar refractivity (Wildman–Crippen MR) is 111 cm³/mol. The zero-order valence-corrected chi connectivity index (χ0v) is 16.5. The van der Waals surface area contributed by atoms with E-state index in [-0.39, 0.29) is 5.91 Å². The summed E-state index contributed by atoms with van der Waals surface area (Å²) in [6.45, 7) is 1.05. The maximum Gasteiger partial charge on any atom is 0.227 e. The zero-order chi connectivity index (χ0) is 19.9. The van der Waals surface area contributed by atoms with E-state index in [1.165, 1.54) is 0 Å². The highest BCUT2D eigenvalue weighted by Crippen LogP contribution is 2.23. The number of fused-ring (bicyclic) bond motifs is 1. The fourth-order valence-corrected chi connectivity index (χ4v) is 3.50. The molecule has 1 amide bonds. The van der Waals surface area contributed by atoms with Gasteiger partial charge in [0.1, 0.15) is 11.3 Å². The number of pyridine rings is 1. The Morgan fingerprint density at radius 3 is 3.00 bits per heavy atom. The molecule has 0 atom stereocenters. The number of hydrogen-bond donors (Lipinski definition) is 1. The molecule has 0 radical (unpaired) electrons. The molecule has 29 heavy (non-hydrogen) atoms. The van der Waals surface area contributed by atoms with Crippen molar-refractivity contribution >= 4 is 28.1 Å². The van der Waals surface area contributed by atoms with Gasteiger partial charge in [0, 0.05) is 31.0 Å². The maximum absolute atomic E-state index is 12.0. The van der Waals surface area contributed by atoms with Crippen molar-refractivity contribution in [3.8, 4) is 16.5 Å². The Morgan fingerprint density at radius 2 is 2.10 bits per heavy atom. The highest BCUT2D eigenvalue weighted by atomic mass is 32.1. The number of benzene rings is 1. The first-order valence-electron chi connectivity index (χ1n) is 9.39. The minimum absolute atomic E-state index is 0.0484. The van der Waals surface area contributed by atoms with Gasteiger partial charge in [-0.3, -0.25) is 9.78 Å². The second-order valence-electron chi connectivity index (χ2n) is 6.37. The molecule has 4 rings (SSSR count). The van der Waals surface area contributed by atoms with Crippen LogP contribution in [0.1, 0.15) is 18.7 Å². The van der Waals surface area contributed by atoms with Gasteiger partial charge in [-0.2, -0.15) is 4.98 Å². The van der Waals surface area contributed by atoms with Crippen LogP contribution in [-0.4, -0.2) is 34.2 Å². The number of amides is 1. The van der Waals surface area contributed by atoms with Gasteiger partial charge in [0.05, 0.1) is 11.5 Å². The van der Waals surface area contributed by atoms with Crippen LogP contribution in [0.4, 0.5) is 0 Å². The summed E-state index contributed by atoms with van der Waals surface area (Å²) in [5, 5.41) is 9.83. The Bertz CT molecular complexity index is 1070. The van der Waals surface area contributed by atoms with Crippen LogP contribution >= 0.6 is 11.3 Å². The second kappa shape index (κ2) is 9.29. The molecule has 3 heterocycles. The van der Waals surface area contributed by atoms with Gasteiger partial charge in [-0.1, -0.05) is 29.4 Å². The minimum Gasteiger partial charge on any atom is -0.491 e. The monoisotopic (exact) mass is 408 g/mol. The lowest BCUT2D eigenvalue weighted by atomic mass is 10.2. The smallest absolute Gasteiger partial charge is 0.227 e. The van der Waals surface area contributed by atoms with Crippen molar-refractivity contribution in [2.45, 2.75) is 19.3 Å². The molecule has 0 bridgehead atoms. The van der Waals surface area contributed by atoms with E-state index in [0.29, 0.717) is 44.1 Å². The van der Waals surface area contributed by atoms with Crippen LogP contribution < -0.4 is 10.1 Å². The Morgan fingerprint density at radius 1 is 1.17 bits per heavy atom. The summed E-state index contributed by atoms with van der Waals surface area (Å²) in [4.78, 5) is 21.6. The van der Waals surface area contributed by atoms with Crippen LogP contribution in [0.25, 0.3) is 21.6 Å². The number of nitrogens with zero attached hydrogens (tertiary/aromatic N) is 3. The van der Waals surface area contributed by atoms with Gasteiger partial charge < -0.3 is 14.6 Å². The molecule has 4 aromatic rings. The van der Waals surface area contributed by atoms with Gasteiger partial charge >= 0.3 is 0 Å². The summed E-state index contributed by atoms with van der Waals surface area (Å²) < 4.78 is 11.0. The van der Waals surface area contributed by atoms with Crippen molar-refractivity contribution in [3.05, 3.63) is 59.9 Å². The predicted octanol–water partition coefficient (Wildman–Crippen LogP) is 3.86. The molecule has 8 heteroatoms. The summed E-state index contributed by atoms with van der Waals surface area (Å²) in [6, 6.07) is 13.6. The topological polar surface area (TPSA) is 90.1 Å². The van der Waals surface area contributed by atoms with Gasteiger partial charge in [0.25, 0.3) is 0 Å². The molecule has 0 saturated heterocycles. The molecule has 1 N–H and O–H groups in total. The van der Waals surface area contributed by atoms with Crippen LogP contribution in [0.15, 0.2) is 58.6 Å². The number of aromatic nitrogens is 3. The Balaban J connectivity index is 1.16. The van der Waals surface area contributed by atoms with E-state index >= 15 is 0 Å². The first-order chi connectivity index (χ1) is 14.3. The summed E-state index contributed by atoms with van der Waals surface area (Å²) in [5.74, 6) is 1.74. The van der Waals surface area contributed by atoms with Gasteiger partial charge in [-0.25, -0.2) is 0 Å². The average Bonchev–Trinajstić information content (AvgIpc) is 3.44. The van der Waals surface area contributed by atoms with Crippen molar-refractivity contribution < 1.29 is 14.1 Å². The number of carbonyl (C=O) groups is 1. The molecule has 3 aromatic heterocycles. The van der Waals surface area contributed by atoms with Crippen molar-refractivity contribution in [3.63, 3.8) is 0 Å². The van der Waals surface area contributed by atoms with Crippen molar-refractivity contribution in [2.75, 3.05) is 13.2 Å². The number of hydrogen-bond acceptors (Lipinski definition) is 7. The van der Waals surface area contributed by atoms with Crippen LogP contribution in [0.3, 0.4) is 0 Å². The molecule has 0 aliphatic rings. The number of aryl methyl sites for hydroxylation is 1. The third kappa shape index (κ3) is 4.97. The SMILES string of the molecule is O=C(CCc1nc(-c2cccs2)no1)NCCCOc1cccc2cccnc12. The molecule has 1 aromatic carbocycles. The van der Waals surface area contributed by atoms with E-state index in [4.69, 9.17) is 9.26 Å². The fraction of sp³-hybridized carbons (Fsp3) is 0.238. The van der Waals surface area contributed by atoms with Crippen molar-refractivity contribution in [1.29, 1.82) is 0 Å². The van der Waals surface area contributed by atoms with Gasteiger partial charge in [0.2, 0.25) is 17.6 Å². The Kier molecular flexibility index (Phi) is 6.11. The molecule has 0 fully saturated rings. The van der Waals surface area contributed by atoms with Crippen LogP contribution in [0.2, 0.25) is 0 Å². The lowest BCUT2D eigenvalue weighted by molar-refractivity contribution is -0.121. The standard InChI is InChI=1S/C21H20N4O3S/c26-18(9-10-19-24-21(25-28-19)17-8-3-14-29-17)22-12-4-13-27-16-7-1-5-15-6-2-11-23-20(15)16/h1-3,5-8,11,14H,4,9-10,12-13H2,(H,22,26). The molecule has 0 unspecified atom stereocenters. The summed E-state index contributed by atoms with van der Waals surface area (Å²) in [7, 11) is 0. The van der Waals surface area contributed by atoms with E-state index in [0.717, 1.165) is 21.5 Å². The summed E-state index contributed by atoms with van der Waals surface area (Å²) >= 11 is 1.55. The summed E-state index contributed by atoms with van der Waals surface area (Å²) in [5.41, 5.74) is 0.848. The molecular formula is C21H20N4O3S. The number of thiophene rings is 1. The normalized spacial score (nSPS) is 10.9. The molecular weight excluding hydrogens is 388 g/mol. The number of para-hydroxylation sites is 1. The van der Waals surface area contributed by atoms with Gasteiger partial charge in [0.15, 0.2) is 0 Å². The molecule has 0 spiro atoms. The third-order valence-corrected chi connectivity index (χ3v) is 5.14. The molecule has 0 saturated carbocycles. The van der Waals surface area contributed by atoms with E-state index in [1.54, 1.807) is 17.5 Å². The lowest BCUT2D eigenvalue weighted by Gasteiger charge is -2.09. The largest absolute Gasteiger partial charge is 0.491 e. The summed E-state index contributed by atoms with van der Waals surface area (Å²) in [6.07, 6.45) is 3.18. The molecule has 0 aliphatic carbocycles. The zero-order valence-electron chi connectivity index (χ0n) is 15.7. The Hall–Kier alpha value is -3.26. The highest BCUT2D eigenvalue weighted by molar-refractivity contribution is 7.13. The molecule has 148 valence electrons. The number of carbonyl (C=O) groups excluding carboxylic acids is 1. The lowest BCUT2D eigenvalue weighted by Crippen LogP contribution is -2.25. The minimum atomic E-state index is -0.0484. The highest BCUT2D eigenvalue weighted by Gasteiger charge is 2.11. The van der Waals surface area contributed by atoms with E-state index < -0.39 is 0 Å². The van der Waals surface area contributed by atoms with Crippen LogP contribution in [0.5, 0.6) is 5.75 Å². The van der Waals surface area contributed by atoms with E-state index in [1.807, 2.05) is 47.8 Å². The van der Waals surface area contributed by atoms with Crippen LogP contribution in [0, 0.1) is 0 Å². The third-order valence-electron chi connectivity index (χ3n) is 4.27. The average molecular weight is 408 g/mol. The second-order valence-corrected chi connectivity index (χ2v) is 7.32. The maximum atomic E-state index is 12.0. The van der Waals surface area contributed by atoms with Crippen LogP contribution in [-0.2, 0) is 11.2 Å². The number of ether oxygens (including phenoxy) is 1. The first-order valence-corrected chi connectivity index (χ1v) is 10.3. The fourth-order valence-electron chi connectivity index (χ4n) is 2.85. The number of nitrogens with one attached hydrogen (secondary N) is 1. The Labute approximate surface area is 171 Å². The van der Waals surface area contributed by atoms with Crippen molar-refractivity contribution in [2.24, 2.45) is 0 Å². The molecule has 0 aliphatic heterocycles. The van der Waals surface area contributed by atoms with E-state index in [9.17, 15) is 4.79 Å². The molecule has 7 nitrogen and oxygen atoms in total. The quantitative estimate of drug-likeness (QED) is 0.423. The first kappa shape index (κ1) is 19.1. The van der Waals surface area contributed by atoms with Crippen molar-refractivity contribution in [1.82, 2.24) is 20.4 Å². The van der Waals surface area contributed by atoms with E-state index in [2.05, 4.69) is 20.4 Å². The van der Waals surface area contributed by atoms with Gasteiger partial charge in [-0.05, 0) is 30.0 Å².